The molecule has 2 fully saturated rings. The Balaban J connectivity index is 2.26. The summed E-state index contributed by atoms with van der Waals surface area (Å²) < 4.78 is 23.1. The van der Waals surface area contributed by atoms with Gasteiger partial charge in [0.25, 0.3) is 0 Å². The van der Waals surface area contributed by atoms with Gasteiger partial charge in [-0.3, -0.25) is 10.1 Å². The van der Waals surface area contributed by atoms with Crippen molar-refractivity contribution in [3.63, 3.8) is 0 Å². The molecule has 2 aliphatic rings. The molecule has 0 aromatic carbocycles. The molecular formula is C14H26N2O3S. The van der Waals surface area contributed by atoms with E-state index < -0.39 is 15.4 Å². The molecule has 1 N–H and O–H groups in total. The summed E-state index contributed by atoms with van der Waals surface area (Å²) >= 11 is 0. The molecule has 20 heavy (non-hydrogen) atoms. The Morgan fingerprint density at radius 3 is 2.30 bits per heavy atom. The molecule has 6 heteroatoms. The Bertz CT molecular complexity index is 481. The number of nitrogens with zero attached hydrogens (tertiary/aromatic N) is 1. The van der Waals surface area contributed by atoms with E-state index in [2.05, 4.69) is 19.2 Å². The molecule has 1 aliphatic carbocycles. The van der Waals surface area contributed by atoms with Gasteiger partial charge in [0, 0.05) is 12.3 Å². The van der Waals surface area contributed by atoms with Crippen LogP contribution in [-0.4, -0.2) is 49.0 Å². The largest absolute Gasteiger partial charge is 0.322 e. The number of rotatable bonds is 4. The van der Waals surface area contributed by atoms with E-state index in [1.807, 2.05) is 6.92 Å². The highest BCUT2D eigenvalue weighted by Gasteiger charge is 2.54. The normalized spacial score (nSPS) is 27.8. The van der Waals surface area contributed by atoms with Gasteiger partial charge in [-0.2, -0.15) is 0 Å². The lowest BCUT2D eigenvalue weighted by atomic mass is 9.97. The minimum absolute atomic E-state index is 0.0275. The number of carbonyl (C=O) groups excluding carboxylic acids is 1. The van der Waals surface area contributed by atoms with E-state index in [9.17, 15) is 13.2 Å². The molecule has 5 nitrogen and oxygen atoms in total. The van der Waals surface area contributed by atoms with Crippen molar-refractivity contribution in [1.29, 1.82) is 0 Å². The topological polar surface area (TPSA) is 66.5 Å². The Kier molecular flexibility index (Phi) is 4.17. The average molecular weight is 302 g/mol. The maximum atomic E-state index is 12.8. The first-order chi connectivity index (χ1) is 9.16. The highest BCUT2D eigenvalue weighted by Crippen LogP contribution is 2.38. The zero-order valence-corrected chi connectivity index (χ0v) is 13.7. The van der Waals surface area contributed by atoms with Gasteiger partial charge in [0.2, 0.25) is 5.91 Å². The predicted molar refractivity (Wildman–Crippen MR) is 79.0 cm³/mol. The van der Waals surface area contributed by atoms with Crippen molar-refractivity contribution in [2.24, 2.45) is 5.92 Å². The lowest BCUT2D eigenvalue weighted by Gasteiger charge is -2.32. The van der Waals surface area contributed by atoms with Gasteiger partial charge in [-0.15, -0.1) is 0 Å². The molecule has 1 amide bonds. The van der Waals surface area contributed by atoms with Crippen molar-refractivity contribution in [3.8, 4) is 0 Å². The Morgan fingerprint density at radius 1 is 1.30 bits per heavy atom. The fourth-order valence-corrected chi connectivity index (χ4v) is 4.64. The molecule has 1 saturated heterocycles. The molecule has 0 radical (unpaired) electrons. The van der Waals surface area contributed by atoms with Gasteiger partial charge in [-0.25, -0.2) is 8.42 Å². The molecule has 1 spiro atoms. The van der Waals surface area contributed by atoms with Crippen LogP contribution in [0.25, 0.3) is 0 Å². The molecule has 2 rings (SSSR count). The van der Waals surface area contributed by atoms with Gasteiger partial charge in [0.05, 0.1) is 17.5 Å². The van der Waals surface area contributed by atoms with Crippen LogP contribution < -0.4 is 5.32 Å². The van der Waals surface area contributed by atoms with E-state index in [1.54, 1.807) is 4.90 Å². The smallest absolute Gasteiger partial charge is 0.244 e. The second-order valence-electron chi connectivity index (χ2n) is 6.78. The van der Waals surface area contributed by atoms with Crippen molar-refractivity contribution in [2.75, 3.05) is 12.0 Å². The summed E-state index contributed by atoms with van der Waals surface area (Å²) in [6.07, 6.45) is 5.05. The molecule has 116 valence electrons. The number of hydrogen-bond donors (Lipinski definition) is 1. The summed E-state index contributed by atoms with van der Waals surface area (Å²) in [6, 6.07) is -0.280. The third-order valence-electron chi connectivity index (χ3n) is 4.48. The number of amides is 1. The number of sulfone groups is 1. The summed E-state index contributed by atoms with van der Waals surface area (Å²) in [5, 5.41) is 3.51. The van der Waals surface area contributed by atoms with Crippen LogP contribution in [0.2, 0.25) is 0 Å². The second-order valence-corrected chi connectivity index (χ2v) is 8.96. The van der Waals surface area contributed by atoms with Crippen LogP contribution in [0.1, 0.15) is 46.5 Å². The molecule has 2 atom stereocenters. The monoisotopic (exact) mass is 302 g/mol. The second kappa shape index (κ2) is 5.30. The molecule has 0 aromatic rings. The number of carbonyl (C=O) groups is 1. The van der Waals surface area contributed by atoms with Gasteiger partial charge >= 0.3 is 0 Å². The molecular weight excluding hydrogens is 276 g/mol. The Morgan fingerprint density at radius 2 is 1.85 bits per heavy atom. The third kappa shape index (κ3) is 2.86. The van der Waals surface area contributed by atoms with Gasteiger partial charge in [0.1, 0.15) is 9.84 Å². The number of hydrogen-bond acceptors (Lipinski definition) is 4. The standard InChI is InChI=1S/C14H26N2O3S/c1-10(2)12-15-14(7-5-6-8-14)13(17)16(12)11(3)9-20(4,18)19/h10-12,15H,5-9H2,1-4H3. The minimum atomic E-state index is -3.09. The van der Waals surface area contributed by atoms with Crippen molar-refractivity contribution < 1.29 is 13.2 Å². The van der Waals surface area contributed by atoms with Crippen LogP contribution in [-0.2, 0) is 14.6 Å². The SMILES string of the molecule is CC(C)C1NC2(CCCC2)C(=O)N1C(C)CS(C)(=O)=O. The summed E-state index contributed by atoms with van der Waals surface area (Å²) in [6.45, 7) is 5.97. The number of nitrogens with one attached hydrogen (secondary N) is 1. The average Bonchev–Trinajstić information content (AvgIpc) is 2.85. The highest BCUT2D eigenvalue weighted by atomic mass is 32.2. The van der Waals surface area contributed by atoms with Gasteiger partial charge < -0.3 is 4.90 Å². The van der Waals surface area contributed by atoms with Crippen molar-refractivity contribution in [1.82, 2.24) is 10.2 Å². The van der Waals surface area contributed by atoms with E-state index in [0.717, 1.165) is 25.7 Å². The molecule has 2 unspecified atom stereocenters. The predicted octanol–water partition coefficient (Wildman–Crippen LogP) is 1.15. The van der Waals surface area contributed by atoms with Crippen molar-refractivity contribution in [2.45, 2.75) is 64.2 Å². The molecule has 1 aliphatic heterocycles. The zero-order valence-electron chi connectivity index (χ0n) is 12.8. The lowest BCUT2D eigenvalue weighted by Crippen LogP contribution is -2.48. The van der Waals surface area contributed by atoms with E-state index in [1.165, 1.54) is 6.26 Å². The quantitative estimate of drug-likeness (QED) is 0.846. The van der Waals surface area contributed by atoms with Crippen LogP contribution in [0.5, 0.6) is 0 Å². The first kappa shape index (κ1) is 15.8. The first-order valence-corrected chi connectivity index (χ1v) is 9.50. The molecule has 1 saturated carbocycles. The summed E-state index contributed by atoms with van der Waals surface area (Å²) in [7, 11) is -3.09. The Labute approximate surface area is 122 Å². The fraction of sp³-hybridized carbons (Fsp3) is 0.929. The van der Waals surface area contributed by atoms with Crippen LogP contribution in [0.15, 0.2) is 0 Å². The minimum Gasteiger partial charge on any atom is -0.322 e. The van der Waals surface area contributed by atoms with Crippen LogP contribution >= 0.6 is 0 Å². The van der Waals surface area contributed by atoms with Crippen LogP contribution in [0, 0.1) is 5.92 Å². The molecule has 0 aromatic heterocycles. The maximum Gasteiger partial charge on any atom is 0.244 e. The first-order valence-electron chi connectivity index (χ1n) is 7.44. The van der Waals surface area contributed by atoms with Crippen molar-refractivity contribution >= 4 is 15.7 Å². The van der Waals surface area contributed by atoms with Gasteiger partial charge in [-0.05, 0) is 25.7 Å². The van der Waals surface area contributed by atoms with E-state index in [-0.39, 0.29) is 29.8 Å². The van der Waals surface area contributed by atoms with Crippen LogP contribution in [0.3, 0.4) is 0 Å². The van der Waals surface area contributed by atoms with E-state index in [4.69, 9.17) is 0 Å². The molecule has 1 heterocycles. The third-order valence-corrected chi connectivity index (χ3v) is 5.56. The van der Waals surface area contributed by atoms with Gasteiger partial charge in [-0.1, -0.05) is 26.7 Å². The lowest BCUT2D eigenvalue weighted by molar-refractivity contribution is -0.135. The van der Waals surface area contributed by atoms with Crippen LogP contribution in [0.4, 0.5) is 0 Å². The van der Waals surface area contributed by atoms with E-state index in [0.29, 0.717) is 0 Å². The highest BCUT2D eigenvalue weighted by molar-refractivity contribution is 7.90. The maximum absolute atomic E-state index is 12.8. The molecule has 0 bridgehead atoms. The fourth-order valence-electron chi connectivity index (χ4n) is 3.61. The van der Waals surface area contributed by atoms with Crippen molar-refractivity contribution in [3.05, 3.63) is 0 Å². The summed E-state index contributed by atoms with van der Waals surface area (Å²) in [5.41, 5.74) is -0.430. The zero-order chi connectivity index (χ0) is 15.1. The van der Waals surface area contributed by atoms with Gasteiger partial charge in [0.15, 0.2) is 0 Å². The summed E-state index contributed by atoms with van der Waals surface area (Å²) in [5.74, 6) is 0.394. The summed E-state index contributed by atoms with van der Waals surface area (Å²) in [4.78, 5) is 14.6. The Hall–Kier alpha value is -0.620. The van der Waals surface area contributed by atoms with E-state index >= 15 is 0 Å².